The molecule has 2 N–H and O–H groups in total. The van der Waals surface area contributed by atoms with Crippen molar-refractivity contribution in [1.29, 1.82) is 0 Å². The van der Waals surface area contributed by atoms with Gasteiger partial charge in [-0.3, -0.25) is 9.59 Å². The zero-order chi connectivity index (χ0) is 22.9. The first kappa shape index (κ1) is 21.4. The van der Waals surface area contributed by atoms with Crippen LogP contribution in [0.1, 0.15) is 51.0 Å². The highest BCUT2D eigenvalue weighted by Crippen LogP contribution is 2.38. The van der Waals surface area contributed by atoms with Gasteiger partial charge in [-0.25, -0.2) is 14.4 Å². The molecule has 0 atom stereocenters. The molecular weight excluding hydrogens is 428 g/mol. The maximum atomic E-state index is 13.6. The molecule has 1 saturated carbocycles. The number of alkyl halides is 3. The van der Waals surface area contributed by atoms with Crippen LogP contribution in [-0.4, -0.2) is 21.8 Å². The Hall–Kier alpha value is -3.82. The van der Waals surface area contributed by atoms with Crippen molar-refractivity contribution >= 4 is 23.2 Å². The third kappa shape index (κ3) is 4.90. The van der Waals surface area contributed by atoms with Crippen LogP contribution in [0.15, 0.2) is 54.7 Å². The molecular formula is C22H16F4N4O2. The van der Waals surface area contributed by atoms with Crippen molar-refractivity contribution in [3.8, 4) is 0 Å². The molecule has 3 aromatic rings. The van der Waals surface area contributed by atoms with Gasteiger partial charge in [0.15, 0.2) is 0 Å². The average Bonchev–Trinajstić information content (AvgIpc) is 3.60. The van der Waals surface area contributed by atoms with Gasteiger partial charge in [-0.2, -0.15) is 13.2 Å². The van der Waals surface area contributed by atoms with Gasteiger partial charge in [0.05, 0.1) is 11.3 Å². The van der Waals surface area contributed by atoms with E-state index >= 15 is 0 Å². The predicted molar refractivity (Wildman–Crippen MR) is 108 cm³/mol. The normalized spacial score (nSPS) is 13.5. The highest BCUT2D eigenvalue weighted by atomic mass is 19.4. The van der Waals surface area contributed by atoms with E-state index in [2.05, 4.69) is 20.6 Å². The van der Waals surface area contributed by atoms with E-state index in [1.807, 2.05) is 0 Å². The molecule has 0 aliphatic heterocycles. The molecule has 6 nitrogen and oxygen atoms in total. The number of amides is 2. The molecule has 1 aromatic heterocycles. The lowest BCUT2D eigenvalue weighted by Crippen LogP contribution is -2.19. The topological polar surface area (TPSA) is 84.0 Å². The van der Waals surface area contributed by atoms with E-state index in [-0.39, 0.29) is 22.9 Å². The largest absolute Gasteiger partial charge is 0.418 e. The fraction of sp³-hybridized carbons (Fsp3) is 0.182. The lowest BCUT2D eigenvalue weighted by atomic mass is 10.1. The maximum absolute atomic E-state index is 13.6. The van der Waals surface area contributed by atoms with E-state index in [0.717, 1.165) is 31.0 Å². The molecule has 2 amide bonds. The van der Waals surface area contributed by atoms with Gasteiger partial charge in [0.2, 0.25) is 0 Å². The first-order valence-electron chi connectivity index (χ1n) is 9.63. The lowest BCUT2D eigenvalue weighted by molar-refractivity contribution is -0.136. The van der Waals surface area contributed by atoms with Crippen LogP contribution in [0.2, 0.25) is 0 Å². The standard InChI is InChI=1S/C22H16F4N4O2/c23-14-5-3-13(4-6-14)20(31)28-15-7-8-17(16(11-15)22(24,25)26)30-21(32)18-9-10-27-19(29-18)12-1-2-12/h3-12H,1-2H2,(H,28,31)(H,30,32). The average molecular weight is 444 g/mol. The Morgan fingerprint density at radius 3 is 2.31 bits per heavy atom. The Kier molecular flexibility index (Phi) is 5.60. The van der Waals surface area contributed by atoms with Crippen LogP contribution in [0.25, 0.3) is 0 Å². The fourth-order valence-electron chi connectivity index (χ4n) is 2.99. The first-order chi connectivity index (χ1) is 15.2. The Morgan fingerprint density at radius 2 is 1.66 bits per heavy atom. The minimum atomic E-state index is -4.80. The van der Waals surface area contributed by atoms with Crippen LogP contribution in [0.3, 0.4) is 0 Å². The summed E-state index contributed by atoms with van der Waals surface area (Å²) >= 11 is 0. The Labute approximate surface area is 179 Å². The summed E-state index contributed by atoms with van der Waals surface area (Å²) in [5, 5.41) is 4.57. The Bertz CT molecular complexity index is 1180. The number of hydrogen-bond donors (Lipinski definition) is 2. The number of nitrogens with zero attached hydrogens (tertiary/aromatic N) is 2. The van der Waals surface area contributed by atoms with Gasteiger partial charge in [0.1, 0.15) is 17.3 Å². The van der Waals surface area contributed by atoms with Crippen LogP contribution in [0, 0.1) is 5.82 Å². The number of nitrogens with one attached hydrogen (secondary N) is 2. The van der Waals surface area contributed by atoms with Gasteiger partial charge in [-0.15, -0.1) is 0 Å². The zero-order valence-corrected chi connectivity index (χ0v) is 16.4. The number of hydrogen-bond acceptors (Lipinski definition) is 4. The van der Waals surface area contributed by atoms with Crippen molar-refractivity contribution in [3.05, 3.63) is 83.2 Å². The number of benzene rings is 2. The second kappa shape index (κ2) is 8.37. The van der Waals surface area contributed by atoms with Crippen LogP contribution in [0.5, 0.6) is 0 Å². The van der Waals surface area contributed by atoms with Gasteiger partial charge in [-0.1, -0.05) is 0 Å². The van der Waals surface area contributed by atoms with E-state index in [1.54, 1.807) is 0 Å². The third-order valence-corrected chi connectivity index (χ3v) is 4.79. The van der Waals surface area contributed by atoms with Crippen molar-refractivity contribution in [2.24, 2.45) is 0 Å². The molecule has 0 spiro atoms. The third-order valence-electron chi connectivity index (χ3n) is 4.79. The number of carbonyl (C=O) groups is 2. The number of carbonyl (C=O) groups excluding carboxylic acids is 2. The number of anilines is 2. The smallest absolute Gasteiger partial charge is 0.322 e. The number of aromatic nitrogens is 2. The molecule has 4 rings (SSSR count). The summed E-state index contributed by atoms with van der Waals surface area (Å²) in [4.78, 5) is 32.9. The molecule has 164 valence electrons. The van der Waals surface area contributed by atoms with Crippen molar-refractivity contribution in [2.45, 2.75) is 24.9 Å². The summed E-state index contributed by atoms with van der Waals surface area (Å²) in [6.07, 6.45) is -1.58. The van der Waals surface area contributed by atoms with Crippen LogP contribution >= 0.6 is 0 Å². The minimum absolute atomic E-state index is 0.0382. The first-order valence-corrected chi connectivity index (χ1v) is 9.63. The summed E-state index contributed by atoms with van der Waals surface area (Å²) in [6.45, 7) is 0. The summed E-state index contributed by atoms with van der Waals surface area (Å²) in [7, 11) is 0. The van der Waals surface area contributed by atoms with Gasteiger partial charge < -0.3 is 10.6 Å². The van der Waals surface area contributed by atoms with Crippen LogP contribution in [-0.2, 0) is 6.18 Å². The van der Waals surface area contributed by atoms with Crippen LogP contribution in [0.4, 0.5) is 28.9 Å². The van der Waals surface area contributed by atoms with Crippen molar-refractivity contribution in [1.82, 2.24) is 9.97 Å². The van der Waals surface area contributed by atoms with E-state index in [0.29, 0.717) is 11.9 Å². The Morgan fingerprint density at radius 1 is 0.938 bits per heavy atom. The van der Waals surface area contributed by atoms with E-state index in [1.165, 1.54) is 30.5 Å². The summed E-state index contributed by atoms with van der Waals surface area (Å²) in [5.41, 5.74) is -1.72. The van der Waals surface area contributed by atoms with Gasteiger partial charge in [0.25, 0.3) is 11.8 Å². The SMILES string of the molecule is O=C(Nc1ccc(NC(=O)c2ccnc(C3CC3)n2)c(C(F)(F)F)c1)c1ccc(F)cc1. The molecule has 1 aliphatic rings. The van der Waals surface area contributed by atoms with E-state index in [9.17, 15) is 27.2 Å². The Balaban J connectivity index is 1.56. The second-order valence-corrected chi connectivity index (χ2v) is 7.25. The summed E-state index contributed by atoms with van der Waals surface area (Å²) in [5.74, 6) is -1.38. The molecule has 2 aromatic carbocycles. The van der Waals surface area contributed by atoms with E-state index < -0.39 is 35.1 Å². The maximum Gasteiger partial charge on any atom is 0.418 e. The molecule has 32 heavy (non-hydrogen) atoms. The van der Waals surface area contributed by atoms with Gasteiger partial charge in [0, 0.05) is 23.4 Å². The number of halogens is 4. The van der Waals surface area contributed by atoms with Crippen molar-refractivity contribution < 1.29 is 27.2 Å². The highest BCUT2D eigenvalue weighted by molar-refractivity contribution is 6.05. The highest BCUT2D eigenvalue weighted by Gasteiger charge is 2.35. The monoisotopic (exact) mass is 444 g/mol. The lowest BCUT2D eigenvalue weighted by Gasteiger charge is -2.16. The quantitative estimate of drug-likeness (QED) is 0.542. The fourth-order valence-corrected chi connectivity index (χ4v) is 2.99. The summed E-state index contributed by atoms with van der Waals surface area (Å²) < 4.78 is 53.9. The molecule has 0 unspecified atom stereocenters. The van der Waals surface area contributed by atoms with Gasteiger partial charge >= 0.3 is 6.18 Å². The second-order valence-electron chi connectivity index (χ2n) is 7.25. The predicted octanol–water partition coefficient (Wildman–Crippen LogP) is 5.02. The molecule has 1 aliphatic carbocycles. The molecule has 1 fully saturated rings. The summed E-state index contributed by atoms with van der Waals surface area (Å²) in [6, 6.07) is 8.86. The molecule has 1 heterocycles. The molecule has 0 radical (unpaired) electrons. The number of rotatable bonds is 5. The van der Waals surface area contributed by atoms with Gasteiger partial charge in [-0.05, 0) is 61.4 Å². The van der Waals surface area contributed by atoms with Crippen molar-refractivity contribution in [3.63, 3.8) is 0 Å². The molecule has 10 heteroatoms. The molecule has 0 saturated heterocycles. The van der Waals surface area contributed by atoms with Crippen molar-refractivity contribution in [2.75, 3.05) is 10.6 Å². The molecule has 0 bridgehead atoms. The van der Waals surface area contributed by atoms with Crippen LogP contribution < -0.4 is 10.6 Å². The minimum Gasteiger partial charge on any atom is -0.322 e. The zero-order valence-electron chi connectivity index (χ0n) is 16.4. The van der Waals surface area contributed by atoms with E-state index in [4.69, 9.17) is 0 Å².